The Hall–Kier alpha value is -1.19. The van der Waals surface area contributed by atoms with Gasteiger partial charge in [-0.25, -0.2) is 0 Å². The molecule has 0 spiro atoms. The highest BCUT2D eigenvalue weighted by Gasteiger charge is 2.34. The zero-order chi connectivity index (χ0) is 13.9. The lowest BCUT2D eigenvalue weighted by Crippen LogP contribution is -2.55. The molecular weight excluding hydrogens is 248 g/mol. The Morgan fingerprint density at radius 3 is 2.85 bits per heavy atom. The Kier molecular flexibility index (Phi) is 4.18. The van der Waals surface area contributed by atoms with Gasteiger partial charge in [-0.15, -0.1) is 0 Å². The summed E-state index contributed by atoms with van der Waals surface area (Å²) < 4.78 is 0. The second kappa shape index (κ2) is 6.06. The van der Waals surface area contributed by atoms with E-state index in [1.165, 1.54) is 25.9 Å². The van der Waals surface area contributed by atoms with Crippen LogP contribution in [0.5, 0.6) is 0 Å². The molecule has 2 fully saturated rings. The highest BCUT2D eigenvalue weighted by Crippen LogP contribution is 2.24. The van der Waals surface area contributed by atoms with Crippen LogP contribution in [-0.2, 0) is 0 Å². The number of hydrogen-bond donors (Lipinski definition) is 0. The monoisotopic (exact) mass is 272 g/mol. The zero-order valence-corrected chi connectivity index (χ0v) is 12.3. The van der Waals surface area contributed by atoms with Gasteiger partial charge in [0.2, 0.25) is 0 Å². The molecule has 2 saturated heterocycles. The molecule has 1 aromatic carbocycles. The van der Waals surface area contributed by atoms with Crippen molar-refractivity contribution < 1.29 is 4.79 Å². The average Bonchev–Trinajstić information content (AvgIpc) is 2.92. The Morgan fingerprint density at radius 2 is 2.05 bits per heavy atom. The van der Waals surface area contributed by atoms with Crippen molar-refractivity contribution >= 4 is 5.78 Å². The molecule has 0 amide bonds. The van der Waals surface area contributed by atoms with Crippen molar-refractivity contribution in [1.29, 1.82) is 0 Å². The predicted molar refractivity (Wildman–Crippen MR) is 81.0 cm³/mol. The lowest BCUT2D eigenvalue weighted by atomic mass is 10.1. The molecule has 0 aliphatic carbocycles. The fourth-order valence-corrected chi connectivity index (χ4v) is 3.57. The number of carbonyl (C=O) groups is 1. The molecule has 20 heavy (non-hydrogen) atoms. The lowest BCUT2D eigenvalue weighted by Gasteiger charge is -2.42. The highest BCUT2D eigenvalue weighted by molar-refractivity contribution is 5.96. The van der Waals surface area contributed by atoms with Gasteiger partial charge in [0.05, 0.1) is 0 Å². The van der Waals surface area contributed by atoms with Crippen molar-refractivity contribution in [2.75, 3.05) is 26.2 Å². The van der Waals surface area contributed by atoms with E-state index in [4.69, 9.17) is 0 Å². The van der Waals surface area contributed by atoms with E-state index in [0.717, 1.165) is 24.7 Å². The summed E-state index contributed by atoms with van der Waals surface area (Å²) in [6, 6.07) is 11.0. The maximum Gasteiger partial charge on any atom is 0.164 e. The summed E-state index contributed by atoms with van der Waals surface area (Å²) >= 11 is 0. The minimum absolute atomic E-state index is 0.270. The van der Waals surface area contributed by atoms with E-state index in [2.05, 4.69) is 16.7 Å². The van der Waals surface area contributed by atoms with Gasteiger partial charge < -0.3 is 0 Å². The summed E-state index contributed by atoms with van der Waals surface area (Å²) in [5.74, 6) is 0.270. The minimum atomic E-state index is 0.270. The number of hydrogen-bond acceptors (Lipinski definition) is 3. The van der Waals surface area contributed by atoms with Crippen LogP contribution < -0.4 is 0 Å². The van der Waals surface area contributed by atoms with E-state index in [1.807, 2.05) is 30.3 Å². The quantitative estimate of drug-likeness (QED) is 0.787. The van der Waals surface area contributed by atoms with Crippen LogP contribution in [-0.4, -0.2) is 53.8 Å². The molecule has 3 rings (SSSR count). The van der Waals surface area contributed by atoms with E-state index < -0.39 is 0 Å². The van der Waals surface area contributed by atoms with Gasteiger partial charge in [-0.05, 0) is 26.3 Å². The summed E-state index contributed by atoms with van der Waals surface area (Å²) in [6.45, 7) is 6.78. The van der Waals surface area contributed by atoms with Crippen LogP contribution in [0.15, 0.2) is 30.3 Å². The normalized spacial score (nSPS) is 27.4. The molecule has 3 nitrogen and oxygen atoms in total. The minimum Gasteiger partial charge on any atom is -0.298 e. The fraction of sp³-hybridized carbons (Fsp3) is 0.588. The topological polar surface area (TPSA) is 23.6 Å². The Morgan fingerprint density at radius 1 is 1.25 bits per heavy atom. The van der Waals surface area contributed by atoms with E-state index in [-0.39, 0.29) is 5.78 Å². The molecular formula is C17H24N2O. The molecule has 2 unspecified atom stereocenters. The summed E-state index contributed by atoms with van der Waals surface area (Å²) in [5.41, 5.74) is 0.847. The van der Waals surface area contributed by atoms with Gasteiger partial charge in [-0.1, -0.05) is 30.3 Å². The van der Waals surface area contributed by atoms with E-state index in [9.17, 15) is 4.79 Å². The molecule has 0 N–H and O–H groups in total. The van der Waals surface area contributed by atoms with Crippen molar-refractivity contribution in [3.05, 3.63) is 35.9 Å². The number of fused-ring (bicyclic) bond motifs is 1. The number of nitrogens with zero attached hydrogens (tertiary/aromatic N) is 2. The SMILES string of the molecule is CC1CN2CCCC2CN1CCC(=O)c1ccccc1. The first kappa shape index (κ1) is 13.8. The Bertz CT molecular complexity index is 459. The third-order valence-electron chi connectivity index (χ3n) is 4.79. The Balaban J connectivity index is 1.54. The number of rotatable bonds is 4. The van der Waals surface area contributed by atoms with Crippen LogP contribution >= 0.6 is 0 Å². The maximum absolute atomic E-state index is 12.2. The molecule has 0 bridgehead atoms. The number of ketones is 1. The predicted octanol–water partition coefficient (Wildman–Crippen LogP) is 2.43. The fourth-order valence-electron chi connectivity index (χ4n) is 3.57. The van der Waals surface area contributed by atoms with Crippen LogP contribution in [0.25, 0.3) is 0 Å². The van der Waals surface area contributed by atoms with Gasteiger partial charge in [-0.2, -0.15) is 0 Å². The van der Waals surface area contributed by atoms with Crippen LogP contribution in [0, 0.1) is 0 Å². The third-order valence-corrected chi connectivity index (χ3v) is 4.79. The van der Waals surface area contributed by atoms with Crippen LogP contribution in [0.2, 0.25) is 0 Å². The van der Waals surface area contributed by atoms with Crippen molar-refractivity contribution in [3.63, 3.8) is 0 Å². The molecule has 0 aromatic heterocycles. The third kappa shape index (κ3) is 2.94. The van der Waals surface area contributed by atoms with Crippen molar-refractivity contribution in [2.24, 2.45) is 0 Å². The van der Waals surface area contributed by atoms with Crippen molar-refractivity contribution in [3.8, 4) is 0 Å². The van der Waals surface area contributed by atoms with E-state index in [0.29, 0.717) is 12.5 Å². The van der Waals surface area contributed by atoms with Gasteiger partial charge in [0.1, 0.15) is 0 Å². The molecule has 2 aliphatic heterocycles. The number of piperazine rings is 1. The first-order valence-electron chi connectivity index (χ1n) is 7.80. The number of Topliss-reactive ketones (excluding diaryl/α,β-unsaturated/α-hetero) is 1. The first-order valence-corrected chi connectivity index (χ1v) is 7.80. The van der Waals surface area contributed by atoms with E-state index >= 15 is 0 Å². The highest BCUT2D eigenvalue weighted by atomic mass is 16.1. The van der Waals surface area contributed by atoms with Gasteiger partial charge in [-0.3, -0.25) is 14.6 Å². The van der Waals surface area contributed by atoms with Crippen LogP contribution in [0.1, 0.15) is 36.5 Å². The molecule has 0 radical (unpaired) electrons. The van der Waals surface area contributed by atoms with Crippen LogP contribution in [0.4, 0.5) is 0 Å². The average molecular weight is 272 g/mol. The molecule has 3 heteroatoms. The smallest absolute Gasteiger partial charge is 0.164 e. The number of carbonyl (C=O) groups excluding carboxylic acids is 1. The van der Waals surface area contributed by atoms with E-state index in [1.54, 1.807) is 0 Å². The second-order valence-corrected chi connectivity index (χ2v) is 6.17. The number of benzene rings is 1. The largest absolute Gasteiger partial charge is 0.298 e. The van der Waals surface area contributed by atoms with Gasteiger partial charge in [0.25, 0.3) is 0 Å². The van der Waals surface area contributed by atoms with Gasteiger partial charge in [0, 0.05) is 43.7 Å². The molecule has 0 saturated carbocycles. The van der Waals surface area contributed by atoms with Crippen molar-refractivity contribution in [1.82, 2.24) is 9.80 Å². The first-order chi connectivity index (χ1) is 9.74. The van der Waals surface area contributed by atoms with Gasteiger partial charge >= 0.3 is 0 Å². The maximum atomic E-state index is 12.2. The standard InChI is InChI=1S/C17H24N2O/c1-14-12-19-10-5-8-16(19)13-18(14)11-9-17(20)15-6-3-2-4-7-15/h2-4,6-7,14,16H,5,8-13H2,1H3. The zero-order valence-electron chi connectivity index (χ0n) is 12.3. The molecule has 2 heterocycles. The summed E-state index contributed by atoms with van der Waals surface area (Å²) in [6.07, 6.45) is 3.31. The van der Waals surface area contributed by atoms with Gasteiger partial charge in [0.15, 0.2) is 5.78 Å². The molecule has 2 aliphatic rings. The second-order valence-electron chi connectivity index (χ2n) is 6.17. The van der Waals surface area contributed by atoms with Crippen LogP contribution in [0.3, 0.4) is 0 Å². The summed E-state index contributed by atoms with van der Waals surface area (Å²) in [7, 11) is 0. The molecule has 2 atom stereocenters. The van der Waals surface area contributed by atoms with Crippen molar-refractivity contribution in [2.45, 2.75) is 38.3 Å². The Labute approximate surface area is 121 Å². The molecule has 1 aromatic rings. The summed E-state index contributed by atoms with van der Waals surface area (Å²) in [5, 5.41) is 0. The molecule has 108 valence electrons. The lowest BCUT2D eigenvalue weighted by molar-refractivity contribution is 0.0567. The summed E-state index contributed by atoms with van der Waals surface area (Å²) in [4.78, 5) is 17.3.